The van der Waals surface area contributed by atoms with E-state index < -0.39 is 23.6 Å². The molecule has 2 aliphatic rings. The number of nitrogens with zero attached hydrogens (tertiary/aromatic N) is 4. The lowest BCUT2D eigenvalue weighted by Gasteiger charge is -2.51. The summed E-state index contributed by atoms with van der Waals surface area (Å²) < 4.78 is 5.04. The number of nitrogens with one attached hydrogen (secondary N) is 1. The first-order valence-electron chi connectivity index (χ1n) is 9.10. The predicted octanol–water partition coefficient (Wildman–Crippen LogP) is -0.533. The molecule has 2 aliphatic heterocycles. The normalized spacial score (nSPS) is 24.3. The van der Waals surface area contributed by atoms with Gasteiger partial charge >= 0.3 is 0 Å². The highest BCUT2D eigenvalue weighted by atomic mass is 16.4. The van der Waals surface area contributed by atoms with Gasteiger partial charge in [-0.1, -0.05) is 13.8 Å². The van der Waals surface area contributed by atoms with Crippen molar-refractivity contribution < 1.29 is 23.9 Å². The minimum Gasteiger partial charge on any atom is -0.426 e. The summed E-state index contributed by atoms with van der Waals surface area (Å²) in [6.45, 7) is 5.89. The number of hydrogen-bond acceptors (Lipinski definition) is 7. The van der Waals surface area contributed by atoms with Gasteiger partial charge in [-0.3, -0.25) is 14.4 Å². The minimum absolute atomic E-state index is 0.0319. The van der Waals surface area contributed by atoms with Gasteiger partial charge in [0.25, 0.3) is 5.91 Å². The second kappa shape index (κ2) is 7.26. The molecule has 3 atom stereocenters. The summed E-state index contributed by atoms with van der Waals surface area (Å²) in [5, 5.41) is 19.7. The molecule has 0 saturated carbocycles. The Bertz CT molecular complexity index is 719. The lowest BCUT2D eigenvalue weighted by Crippen LogP contribution is -2.74. The summed E-state index contributed by atoms with van der Waals surface area (Å²) in [6, 6.07) is -0.851. The van der Waals surface area contributed by atoms with E-state index in [9.17, 15) is 19.5 Å². The lowest BCUT2D eigenvalue weighted by molar-refractivity contribution is -0.169. The van der Waals surface area contributed by atoms with E-state index in [-0.39, 0.29) is 30.2 Å². The summed E-state index contributed by atoms with van der Waals surface area (Å²) in [4.78, 5) is 40.6. The summed E-state index contributed by atoms with van der Waals surface area (Å²) in [5.74, 6) is -0.756. The van der Waals surface area contributed by atoms with Crippen LogP contribution in [0.1, 0.15) is 45.5 Å². The molecule has 0 radical (unpaired) electrons. The zero-order valence-corrected chi connectivity index (χ0v) is 15.7. The van der Waals surface area contributed by atoms with Gasteiger partial charge in [-0.15, -0.1) is 10.2 Å². The number of aliphatic hydroxyl groups excluding tert-OH is 1. The third-order valence-electron chi connectivity index (χ3n) is 5.16. The number of β-lactam (4-membered cyclic amide) rings is 1. The molecule has 3 unspecified atom stereocenters. The molecular formula is C17H25N5O5. The largest absolute Gasteiger partial charge is 0.426 e. The molecule has 0 aromatic carbocycles. The number of likely N-dealkylation sites (tertiary alicyclic amines) is 2. The van der Waals surface area contributed by atoms with Gasteiger partial charge in [0, 0.05) is 12.5 Å². The Labute approximate surface area is 156 Å². The Kier molecular flexibility index (Phi) is 5.18. The molecule has 148 valence electrons. The Morgan fingerprint density at radius 1 is 1.41 bits per heavy atom. The molecule has 2 saturated heterocycles. The number of hydrogen-bond donors (Lipinski definition) is 2. The number of rotatable bonds is 6. The Morgan fingerprint density at radius 2 is 2.15 bits per heavy atom. The molecule has 10 nitrogen and oxygen atoms in total. The molecule has 3 rings (SSSR count). The van der Waals surface area contributed by atoms with Gasteiger partial charge in [-0.2, -0.15) is 0 Å². The highest BCUT2D eigenvalue weighted by Gasteiger charge is 2.59. The van der Waals surface area contributed by atoms with Crippen LogP contribution in [-0.4, -0.2) is 74.1 Å². The molecule has 2 N–H and O–H groups in total. The first-order chi connectivity index (χ1) is 12.8. The van der Waals surface area contributed by atoms with E-state index in [1.165, 1.54) is 11.8 Å². The van der Waals surface area contributed by atoms with E-state index in [0.29, 0.717) is 19.5 Å². The molecule has 0 bridgehead atoms. The van der Waals surface area contributed by atoms with Gasteiger partial charge in [0.05, 0.1) is 19.2 Å². The van der Waals surface area contributed by atoms with E-state index in [0.717, 1.165) is 12.8 Å². The number of amides is 3. The predicted molar refractivity (Wildman–Crippen MR) is 92.0 cm³/mol. The number of carbonyl (C=O) groups is 3. The van der Waals surface area contributed by atoms with E-state index in [2.05, 4.69) is 15.5 Å². The summed E-state index contributed by atoms with van der Waals surface area (Å²) >= 11 is 0. The van der Waals surface area contributed by atoms with Crippen LogP contribution in [0.3, 0.4) is 0 Å². The van der Waals surface area contributed by atoms with Crippen molar-refractivity contribution in [1.29, 1.82) is 0 Å². The summed E-state index contributed by atoms with van der Waals surface area (Å²) in [5.41, 5.74) is -0.794. The zero-order valence-electron chi connectivity index (χ0n) is 15.7. The quantitative estimate of drug-likeness (QED) is 0.636. The van der Waals surface area contributed by atoms with E-state index in [1.807, 2.05) is 13.8 Å². The molecule has 1 aromatic heterocycles. The third kappa shape index (κ3) is 3.41. The van der Waals surface area contributed by atoms with Gasteiger partial charge in [0.2, 0.25) is 24.1 Å². The van der Waals surface area contributed by atoms with Crippen LogP contribution in [0.25, 0.3) is 0 Å². The first-order valence-corrected chi connectivity index (χ1v) is 9.10. The van der Waals surface area contributed by atoms with Gasteiger partial charge < -0.3 is 24.6 Å². The Morgan fingerprint density at radius 3 is 2.70 bits per heavy atom. The second-order valence-electron chi connectivity index (χ2n) is 7.50. The summed E-state index contributed by atoms with van der Waals surface area (Å²) in [6.07, 6.45) is 1.58. The minimum atomic E-state index is -0.943. The van der Waals surface area contributed by atoms with Crippen LogP contribution in [0, 0.1) is 5.92 Å². The van der Waals surface area contributed by atoms with Gasteiger partial charge in [0.1, 0.15) is 11.6 Å². The van der Waals surface area contributed by atoms with Gasteiger partial charge in [0.15, 0.2) is 0 Å². The highest BCUT2D eigenvalue weighted by molar-refractivity contribution is 5.99. The van der Waals surface area contributed by atoms with Crippen molar-refractivity contribution in [3.05, 3.63) is 12.3 Å². The van der Waals surface area contributed by atoms with E-state index in [4.69, 9.17) is 4.42 Å². The molecule has 1 aromatic rings. The molecular weight excluding hydrogens is 354 g/mol. The average Bonchev–Trinajstić information content (AvgIpc) is 3.29. The first kappa shape index (κ1) is 19.3. The van der Waals surface area contributed by atoms with Crippen LogP contribution >= 0.6 is 0 Å². The van der Waals surface area contributed by atoms with Crippen molar-refractivity contribution in [2.24, 2.45) is 5.92 Å². The Balaban J connectivity index is 1.61. The smallest absolute Gasteiger partial charge is 0.250 e. The van der Waals surface area contributed by atoms with Crippen LogP contribution in [0.4, 0.5) is 0 Å². The SMILES string of the molecule is CC(C)C(=O)N1CCCC12CN(CC(=O)NC(c1nnco1)C(C)O)C2=O. The van der Waals surface area contributed by atoms with Crippen molar-refractivity contribution in [1.82, 2.24) is 25.3 Å². The Hall–Kier alpha value is -2.49. The van der Waals surface area contributed by atoms with Crippen molar-refractivity contribution in [3.8, 4) is 0 Å². The van der Waals surface area contributed by atoms with Crippen LogP contribution in [0.5, 0.6) is 0 Å². The fraction of sp³-hybridized carbons (Fsp3) is 0.706. The molecule has 3 heterocycles. The van der Waals surface area contributed by atoms with Crippen molar-refractivity contribution in [2.45, 2.75) is 51.3 Å². The van der Waals surface area contributed by atoms with Gasteiger partial charge in [-0.25, -0.2) is 0 Å². The maximum atomic E-state index is 12.8. The summed E-state index contributed by atoms with van der Waals surface area (Å²) in [7, 11) is 0. The van der Waals surface area contributed by atoms with E-state index >= 15 is 0 Å². The lowest BCUT2D eigenvalue weighted by atomic mass is 9.85. The van der Waals surface area contributed by atoms with Crippen LogP contribution in [0.15, 0.2) is 10.8 Å². The maximum absolute atomic E-state index is 12.8. The number of carbonyl (C=O) groups excluding carboxylic acids is 3. The van der Waals surface area contributed by atoms with Crippen LogP contribution in [-0.2, 0) is 14.4 Å². The van der Waals surface area contributed by atoms with Crippen molar-refractivity contribution in [3.63, 3.8) is 0 Å². The van der Waals surface area contributed by atoms with Crippen molar-refractivity contribution in [2.75, 3.05) is 19.6 Å². The third-order valence-corrected chi connectivity index (χ3v) is 5.16. The number of aromatic nitrogens is 2. The highest BCUT2D eigenvalue weighted by Crippen LogP contribution is 2.39. The zero-order chi connectivity index (χ0) is 19.8. The van der Waals surface area contributed by atoms with Crippen LogP contribution < -0.4 is 5.32 Å². The molecule has 27 heavy (non-hydrogen) atoms. The van der Waals surface area contributed by atoms with Crippen LogP contribution in [0.2, 0.25) is 0 Å². The fourth-order valence-electron chi connectivity index (χ4n) is 3.78. The standard InChI is InChI=1S/C17H25N5O5/c1-10(2)15(25)22-6-4-5-17(22)8-21(16(17)26)7-12(24)19-13(11(3)23)14-20-18-9-27-14/h9-11,13,23H,4-8H2,1-3H3,(H,19,24). The second-order valence-corrected chi connectivity index (χ2v) is 7.50. The molecule has 2 fully saturated rings. The monoisotopic (exact) mass is 379 g/mol. The maximum Gasteiger partial charge on any atom is 0.250 e. The van der Waals surface area contributed by atoms with Gasteiger partial charge in [-0.05, 0) is 19.8 Å². The topological polar surface area (TPSA) is 129 Å². The number of aliphatic hydroxyl groups is 1. The molecule has 10 heteroatoms. The van der Waals surface area contributed by atoms with Crippen molar-refractivity contribution >= 4 is 17.7 Å². The fourth-order valence-corrected chi connectivity index (χ4v) is 3.78. The van der Waals surface area contributed by atoms with E-state index in [1.54, 1.807) is 4.90 Å². The average molecular weight is 379 g/mol. The molecule has 3 amide bonds. The molecule has 1 spiro atoms. The molecule has 0 aliphatic carbocycles.